The maximum absolute atomic E-state index is 11.0. The summed E-state index contributed by atoms with van der Waals surface area (Å²) in [6.45, 7) is 4.14. The van der Waals surface area contributed by atoms with Crippen LogP contribution in [0.5, 0.6) is 0 Å². The van der Waals surface area contributed by atoms with Gasteiger partial charge in [0.25, 0.3) is 0 Å². The van der Waals surface area contributed by atoms with E-state index in [-0.39, 0.29) is 5.92 Å². The third-order valence-corrected chi connectivity index (χ3v) is 2.55. The Morgan fingerprint density at radius 1 is 1.71 bits per heavy atom. The van der Waals surface area contributed by atoms with Gasteiger partial charge < -0.3 is 15.2 Å². The van der Waals surface area contributed by atoms with Crippen molar-refractivity contribution in [1.29, 1.82) is 0 Å². The highest BCUT2D eigenvalue weighted by atomic mass is 16.5. The highest BCUT2D eigenvalue weighted by Crippen LogP contribution is 2.17. The Morgan fingerprint density at radius 2 is 2.50 bits per heavy atom. The molecule has 0 aromatic carbocycles. The quantitative estimate of drug-likeness (QED) is 0.693. The lowest BCUT2D eigenvalue weighted by molar-refractivity contribution is -0.142. The van der Waals surface area contributed by atoms with Crippen molar-refractivity contribution < 1.29 is 14.6 Å². The van der Waals surface area contributed by atoms with Crippen LogP contribution in [0.4, 0.5) is 0 Å². The normalized spacial score (nSPS) is 24.5. The fourth-order valence-electron chi connectivity index (χ4n) is 1.78. The molecular formula is C10H19NO3. The molecule has 1 aliphatic heterocycles. The fourth-order valence-corrected chi connectivity index (χ4v) is 1.78. The zero-order valence-electron chi connectivity index (χ0n) is 8.66. The first-order chi connectivity index (χ1) is 6.75. The minimum Gasteiger partial charge on any atom is -0.480 e. The lowest BCUT2D eigenvalue weighted by Gasteiger charge is -2.28. The van der Waals surface area contributed by atoms with Gasteiger partial charge in [0.2, 0.25) is 0 Å². The average molecular weight is 201 g/mol. The molecule has 0 radical (unpaired) electrons. The Balaban J connectivity index is 2.43. The molecule has 0 aliphatic carbocycles. The largest absolute Gasteiger partial charge is 0.480 e. The molecular weight excluding hydrogens is 182 g/mol. The minimum absolute atomic E-state index is 0.132. The number of hydrogen-bond acceptors (Lipinski definition) is 3. The van der Waals surface area contributed by atoms with Gasteiger partial charge in [0, 0.05) is 12.5 Å². The molecule has 1 aliphatic rings. The van der Waals surface area contributed by atoms with Crippen molar-refractivity contribution in [3.8, 4) is 0 Å². The molecule has 2 unspecified atom stereocenters. The maximum Gasteiger partial charge on any atom is 0.321 e. The van der Waals surface area contributed by atoms with E-state index in [1.165, 1.54) is 0 Å². The zero-order chi connectivity index (χ0) is 10.4. The molecule has 1 saturated heterocycles. The van der Waals surface area contributed by atoms with Crippen LogP contribution in [0.25, 0.3) is 0 Å². The second-order valence-electron chi connectivity index (χ2n) is 3.75. The number of rotatable bonds is 5. The van der Waals surface area contributed by atoms with E-state index in [0.717, 1.165) is 32.4 Å². The summed E-state index contributed by atoms with van der Waals surface area (Å²) >= 11 is 0. The molecule has 0 spiro atoms. The minimum atomic E-state index is -0.756. The second kappa shape index (κ2) is 5.98. The number of aliphatic carboxylic acids is 1. The first-order valence-corrected chi connectivity index (χ1v) is 5.29. The van der Waals surface area contributed by atoms with Gasteiger partial charge in [0.1, 0.15) is 6.04 Å². The number of carboxylic acids is 1. The summed E-state index contributed by atoms with van der Waals surface area (Å²) in [4.78, 5) is 11.0. The molecule has 2 N–H and O–H groups in total. The van der Waals surface area contributed by atoms with Crippen LogP contribution in [-0.2, 0) is 9.53 Å². The molecule has 0 saturated carbocycles. The van der Waals surface area contributed by atoms with Crippen LogP contribution in [0, 0.1) is 5.92 Å². The molecule has 1 rings (SSSR count). The van der Waals surface area contributed by atoms with Gasteiger partial charge >= 0.3 is 5.97 Å². The third-order valence-electron chi connectivity index (χ3n) is 2.55. The number of hydrogen-bond donors (Lipinski definition) is 2. The van der Waals surface area contributed by atoms with Gasteiger partial charge in [-0.3, -0.25) is 4.79 Å². The smallest absolute Gasteiger partial charge is 0.321 e. The van der Waals surface area contributed by atoms with Gasteiger partial charge in [-0.2, -0.15) is 0 Å². The van der Waals surface area contributed by atoms with Crippen LogP contribution in [-0.4, -0.2) is 36.9 Å². The van der Waals surface area contributed by atoms with Gasteiger partial charge in [-0.15, -0.1) is 0 Å². The van der Waals surface area contributed by atoms with Crippen molar-refractivity contribution >= 4 is 5.97 Å². The number of carbonyl (C=O) groups is 1. The predicted octanol–water partition coefficient (Wildman–Crippen LogP) is 0.866. The standard InChI is InChI=1S/C10H19NO3/c1-2-5-11-9(10(12)13)8-4-3-6-14-7-8/h8-9,11H,2-7H2,1H3,(H,12,13). The van der Waals surface area contributed by atoms with Gasteiger partial charge in [-0.05, 0) is 25.8 Å². The molecule has 0 bridgehead atoms. The van der Waals surface area contributed by atoms with E-state index in [1.54, 1.807) is 0 Å². The predicted molar refractivity (Wildman–Crippen MR) is 53.3 cm³/mol. The summed E-state index contributed by atoms with van der Waals surface area (Å²) < 4.78 is 5.29. The van der Waals surface area contributed by atoms with Gasteiger partial charge in [0.15, 0.2) is 0 Å². The molecule has 4 nitrogen and oxygen atoms in total. The number of carboxylic acid groups (broad SMARTS) is 1. The van der Waals surface area contributed by atoms with Crippen molar-refractivity contribution in [3.63, 3.8) is 0 Å². The van der Waals surface area contributed by atoms with E-state index in [0.29, 0.717) is 6.61 Å². The van der Waals surface area contributed by atoms with E-state index in [9.17, 15) is 4.79 Å². The summed E-state index contributed by atoms with van der Waals surface area (Å²) in [5, 5.41) is 12.1. The molecule has 2 atom stereocenters. The van der Waals surface area contributed by atoms with E-state index in [1.807, 2.05) is 6.92 Å². The van der Waals surface area contributed by atoms with Crippen LogP contribution in [0.1, 0.15) is 26.2 Å². The van der Waals surface area contributed by atoms with Gasteiger partial charge in [-0.25, -0.2) is 0 Å². The molecule has 0 aromatic rings. The molecule has 82 valence electrons. The molecule has 1 heterocycles. The molecule has 0 amide bonds. The summed E-state index contributed by atoms with van der Waals surface area (Å²) in [6, 6.07) is -0.435. The monoisotopic (exact) mass is 201 g/mol. The van der Waals surface area contributed by atoms with Gasteiger partial charge in [-0.1, -0.05) is 6.92 Å². The first-order valence-electron chi connectivity index (χ1n) is 5.29. The molecule has 14 heavy (non-hydrogen) atoms. The van der Waals surface area contributed by atoms with Crippen LogP contribution >= 0.6 is 0 Å². The summed E-state index contributed by atoms with van der Waals surface area (Å²) in [5.41, 5.74) is 0. The van der Waals surface area contributed by atoms with Crippen LogP contribution in [0.3, 0.4) is 0 Å². The summed E-state index contributed by atoms with van der Waals surface area (Å²) in [7, 11) is 0. The van der Waals surface area contributed by atoms with E-state index in [2.05, 4.69) is 5.32 Å². The van der Waals surface area contributed by atoms with Crippen molar-refractivity contribution in [2.75, 3.05) is 19.8 Å². The van der Waals surface area contributed by atoms with Crippen LogP contribution in [0.2, 0.25) is 0 Å². The molecule has 1 fully saturated rings. The van der Waals surface area contributed by atoms with Crippen molar-refractivity contribution in [1.82, 2.24) is 5.32 Å². The Labute approximate surface area is 84.6 Å². The lowest BCUT2D eigenvalue weighted by atomic mass is 9.93. The highest BCUT2D eigenvalue weighted by molar-refractivity contribution is 5.73. The second-order valence-corrected chi connectivity index (χ2v) is 3.75. The van der Waals surface area contributed by atoms with Crippen molar-refractivity contribution in [2.45, 2.75) is 32.2 Å². The van der Waals surface area contributed by atoms with Crippen molar-refractivity contribution in [3.05, 3.63) is 0 Å². The number of ether oxygens (including phenoxy) is 1. The van der Waals surface area contributed by atoms with Crippen molar-refractivity contribution in [2.24, 2.45) is 5.92 Å². The molecule has 0 aromatic heterocycles. The lowest BCUT2D eigenvalue weighted by Crippen LogP contribution is -2.46. The third kappa shape index (κ3) is 3.27. The Morgan fingerprint density at radius 3 is 3.00 bits per heavy atom. The maximum atomic E-state index is 11.0. The van der Waals surface area contributed by atoms with E-state index in [4.69, 9.17) is 9.84 Å². The SMILES string of the molecule is CCCNC(C(=O)O)C1CCCOC1. The van der Waals surface area contributed by atoms with Gasteiger partial charge in [0.05, 0.1) is 6.61 Å². The van der Waals surface area contributed by atoms with Crippen LogP contribution in [0.15, 0.2) is 0 Å². The fraction of sp³-hybridized carbons (Fsp3) is 0.900. The average Bonchev–Trinajstić information content (AvgIpc) is 2.19. The first kappa shape index (κ1) is 11.5. The topological polar surface area (TPSA) is 58.6 Å². The van der Waals surface area contributed by atoms with Crippen LogP contribution < -0.4 is 5.32 Å². The highest BCUT2D eigenvalue weighted by Gasteiger charge is 2.28. The number of nitrogens with one attached hydrogen (secondary N) is 1. The zero-order valence-corrected chi connectivity index (χ0v) is 8.66. The Hall–Kier alpha value is -0.610. The summed E-state index contributed by atoms with van der Waals surface area (Å²) in [6.07, 6.45) is 2.88. The Bertz CT molecular complexity index is 178. The Kier molecular flexibility index (Phi) is 4.90. The molecule has 4 heteroatoms. The van der Waals surface area contributed by atoms with E-state index < -0.39 is 12.0 Å². The summed E-state index contributed by atoms with van der Waals surface area (Å²) in [5.74, 6) is -0.623. The van der Waals surface area contributed by atoms with E-state index >= 15 is 0 Å².